The molecule has 120 valence electrons. The van der Waals surface area contributed by atoms with E-state index in [1.54, 1.807) is 11.3 Å². The molecular weight excluding hydrogens is 298 g/mol. The molecule has 0 aromatic carbocycles. The van der Waals surface area contributed by atoms with Crippen LogP contribution in [0.4, 0.5) is 4.79 Å². The van der Waals surface area contributed by atoms with Crippen LogP contribution in [-0.4, -0.2) is 17.6 Å². The molecule has 0 aliphatic heterocycles. The number of hydrogen-bond donors (Lipinski definition) is 2. The van der Waals surface area contributed by atoms with Crippen molar-refractivity contribution >= 4 is 17.4 Å². The molecule has 0 bridgehead atoms. The van der Waals surface area contributed by atoms with Gasteiger partial charge in [-0.3, -0.25) is 0 Å². The van der Waals surface area contributed by atoms with Crippen LogP contribution >= 0.6 is 11.3 Å². The standard InChI is InChI=1S/C16H23N3O2S/c1-9(15-18-10(2)8-22-15)7-17-16(20)19-12(4)14-6-11(3)21-13(14)5/h6,8-9,12H,7H2,1-5H3,(H2,17,19,20)/t9-,12-/m1/s1. The zero-order valence-electron chi connectivity index (χ0n) is 13.7. The highest BCUT2D eigenvalue weighted by Crippen LogP contribution is 2.21. The lowest BCUT2D eigenvalue weighted by Crippen LogP contribution is -2.38. The van der Waals surface area contributed by atoms with Crippen LogP contribution in [0.25, 0.3) is 0 Å². The summed E-state index contributed by atoms with van der Waals surface area (Å²) in [6, 6.07) is 1.70. The van der Waals surface area contributed by atoms with E-state index in [4.69, 9.17) is 4.42 Å². The van der Waals surface area contributed by atoms with Gasteiger partial charge in [0, 0.05) is 29.1 Å². The van der Waals surface area contributed by atoms with E-state index < -0.39 is 0 Å². The van der Waals surface area contributed by atoms with Gasteiger partial charge in [-0.1, -0.05) is 6.92 Å². The topological polar surface area (TPSA) is 67.2 Å². The molecule has 2 aromatic heterocycles. The van der Waals surface area contributed by atoms with Gasteiger partial charge in [0.2, 0.25) is 0 Å². The van der Waals surface area contributed by atoms with Crippen molar-refractivity contribution in [3.8, 4) is 0 Å². The minimum Gasteiger partial charge on any atom is -0.466 e. The first-order valence-electron chi connectivity index (χ1n) is 7.40. The Bertz CT molecular complexity index is 648. The summed E-state index contributed by atoms with van der Waals surface area (Å²) in [6.45, 7) is 10.4. The fourth-order valence-electron chi connectivity index (χ4n) is 2.34. The van der Waals surface area contributed by atoms with Crippen molar-refractivity contribution in [3.05, 3.63) is 39.2 Å². The van der Waals surface area contributed by atoms with Gasteiger partial charge < -0.3 is 15.1 Å². The lowest BCUT2D eigenvalue weighted by atomic mass is 10.1. The molecule has 0 aliphatic carbocycles. The van der Waals surface area contributed by atoms with E-state index in [9.17, 15) is 4.79 Å². The summed E-state index contributed by atoms with van der Waals surface area (Å²) in [5.74, 6) is 1.91. The number of thiazole rings is 1. The first kappa shape index (κ1) is 16.5. The lowest BCUT2D eigenvalue weighted by Gasteiger charge is -2.15. The number of urea groups is 1. The van der Waals surface area contributed by atoms with Gasteiger partial charge in [0.1, 0.15) is 11.5 Å². The molecule has 2 rings (SSSR count). The van der Waals surface area contributed by atoms with Gasteiger partial charge in [0.15, 0.2) is 0 Å². The van der Waals surface area contributed by atoms with E-state index in [0.29, 0.717) is 6.54 Å². The Morgan fingerprint density at radius 3 is 2.64 bits per heavy atom. The second-order valence-corrected chi connectivity index (χ2v) is 6.56. The number of carbonyl (C=O) groups is 1. The van der Waals surface area contributed by atoms with Crippen LogP contribution in [0.5, 0.6) is 0 Å². The first-order chi connectivity index (χ1) is 10.4. The SMILES string of the molecule is Cc1csc([C@H](C)CNC(=O)N[C@H](C)c2cc(C)oc2C)n1. The Morgan fingerprint density at radius 2 is 2.09 bits per heavy atom. The fraction of sp³-hybridized carbons (Fsp3) is 0.500. The lowest BCUT2D eigenvalue weighted by molar-refractivity contribution is 0.237. The van der Waals surface area contributed by atoms with E-state index in [-0.39, 0.29) is 18.0 Å². The molecule has 0 fully saturated rings. The van der Waals surface area contributed by atoms with Gasteiger partial charge >= 0.3 is 6.03 Å². The fourth-order valence-corrected chi connectivity index (χ4v) is 3.19. The van der Waals surface area contributed by atoms with Crippen LogP contribution in [0.15, 0.2) is 15.9 Å². The molecule has 2 heterocycles. The second-order valence-electron chi connectivity index (χ2n) is 5.67. The molecule has 0 saturated carbocycles. The molecule has 0 spiro atoms. The third kappa shape index (κ3) is 4.10. The van der Waals surface area contributed by atoms with Crippen LogP contribution in [0.3, 0.4) is 0 Å². The quantitative estimate of drug-likeness (QED) is 0.879. The summed E-state index contributed by atoms with van der Waals surface area (Å²) in [5.41, 5.74) is 2.03. The number of nitrogens with one attached hydrogen (secondary N) is 2. The van der Waals surface area contributed by atoms with Gasteiger partial charge in [-0.05, 0) is 33.8 Å². The van der Waals surface area contributed by atoms with Crippen molar-refractivity contribution < 1.29 is 9.21 Å². The number of nitrogens with zero attached hydrogens (tertiary/aromatic N) is 1. The third-order valence-corrected chi connectivity index (χ3v) is 4.71. The molecule has 22 heavy (non-hydrogen) atoms. The minimum absolute atomic E-state index is 0.0881. The smallest absolute Gasteiger partial charge is 0.315 e. The predicted molar refractivity (Wildman–Crippen MR) is 88.4 cm³/mol. The molecule has 2 N–H and O–H groups in total. The van der Waals surface area contributed by atoms with E-state index in [0.717, 1.165) is 27.8 Å². The molecule has 0 unspecified atom stereocenters. The molecule has 2 atom stereocenters. The average Bonchev–Trinajstić information content (AvgIpc) is 3.01. The zero-order chi connectivity index (χ0) is 16.3. The van der Waals surface area contributed by atoms with Crippen molar-refractivity contribution in [2.75, 3.05) is 6.54 Å². The molecule has 0 aliphatic rings. The van der Waals surface area contributed by atoms with Gasteiger partial charge in [0.05, 0.1) is 11.0 Å². The summed E-state index contributed by atoms with van der Waals surface area (Å²) in [4.78, 5) is 16.5. The summed E-state index contributed by atoms with van der Waals surface area (Å²) >= 11 is 1.63. The third-order valence-electron chi connectivity index (χ3n) is 3.52. The van der Waals surface area contributed by atoms with Gasteiger partial charge in [-0.2, -0.15) is 0 Å². The monoisotopic (exact) mass is 321 g/mol. The highest BCUT2D eigenvalue weighted by molar-refractivity contribution is 7.09. The van der Waals surface area contributed by atoms with Gasteiger partial charge in [0.25, 0.3) is 0 Å². The average molecular weight is 321 g/mol. The maximum absolute atomic E-state index is 12.0. The molecule has 5 nitrogen and oxygen atoms in total. The van der Waals surface area contributed by atoms with Crippen LogP contribution in [0.1, 0.15) is 53.6 Å². The number of hydrogen-bond acceptors (Lipinski definition) is 4. The van der Waals surface area contributed by atoms with Crippen molar-refractivity contribution in [1.82, 2.24) is 15.6 Å². The first-order valence-corrected chi connectivity index (χ1v) is 8.28. The maximum atomic E-state index is 12.0. The predicted octanol–water partition coefficient (Wildman–Crippen LogP) is 3.83. The molecule has 2 aromatic rings. The van der Waals surface area contributed by atoms with Crippen molar-refractivity contribution in [1.29, 1.82) is 0 Å². The Morgan fingerprint density at radius 1 is 1.36 bits per heavy atom. The number of aryl methyl sites for hydroxylation is 3. The molecule has 2 amide bonds. The number of furan rings is 1. The Hall–Kier alpha value is -1.82. The van der Waals surface area contributed by atoms with E-state index in [1.807, 2.05) is 39.1 Å². The minimum atomic E-state index is -0.175. The Labute approximate surface area is 135 Å². The molecule has 6 heteroatoms. The Kier molecular flexibility index (Phi) is 5.24. The molecule has 0 radical (unpaired) electrons. The van der Waals surface area contributed by atoms with Crippen molar-refractivity contribution in [2.24, 2.45) is 0 Å². The van der Waals surface area contributed by atoms with Gasteiger partial charge in [-0.15, -0.1) is 11.3 Å². The number of carbonyl (C=O) groups excluding carboxylic acids is 1. The normalized spacial score (nSPS) is 13.7. The molecular formula is C16H23N3O2S. The number of rotatable bonds is 5. The highest BCUT2D eigenvalue weighted by atomic mass is 32.1. The largest absolute Gasteiger partial charge is 0.466 e. The number of amides is 2. The van der Waals surface area contributed by atoms with E-state index in [1.165, 1.54) is 0 Å². The summed E-state index contributed by atoms with van der Waals surface area (Å²) < 4.78 is 5.50. The van der Waals surface area contributed by atoms with E-state index >= 15 is 0 Å². The van der Waals surface area contributed by atoms with Crippen molar-refractivity contribution in [2.45, 2.75) is 46.6 Å². The number of aromatic nitrogens is 1. The van der Waals surface area contributed by atoms with Crippen LogP contribution in [0.2, 0.25) is 0 Å². The van der Waals surface area contributed by atoms with Crippen molar-refractivity contribution in [3.63, 3.8) is 0 Å². The summed E-state index contributed by atoms with van der Waals surface area (Å²) in [5, 5.41) is 8.91. The highest BCUT2D eigenvalue weighted by Gasteiger charge is 2.16. The van der Waals surface area contributed by atoms with Crippen LogP contribution in [0, 0.1) is 20.8 Å². The maximum Gasteiger partial charge on any atom is 0.315 e. The summed E-state index contributed by atoms with van der Waals surface area (Å²) in [6.07, 6.45) is 0. The van der Waals surface area contributed by atoms with Gasteiger partial charge in [-0.25, -0.2) is 9.78 Å². The Balaban J connectivity index is 1.84. The second kappa shape index (κ2) is 6.96. The zero-order valence-corrected chi connectivity index (χ0v) is 14.5. The summed E-state index contributed by atoms with van der Waals surface area (Å²) in [7, 11) is 0. The van der Waals surface area contributed by atoms with Crippen LogP contribution in [-0.2, 0) is 0 Å². The van der Waals surface area contributed by atoms with E-state index in [2.05, 4.69) is 22.5 Å². The van der Waals surface area contributed by atoms with Crippen LogP contribution < -0.4 is 10.6 Å². The molecule has 0 saturated heterocycles.